The molecule has 1 N–H and O–H groups in total. The van der Waals surface area contributed by atoms with Crippen LogP contribution in [0.25, 0.3) is 0 Å². The van der Waals surface area contributed by atoms with E-state index in [1.807, 2.05) is 6.08 Å². The molecule has 7 nitrogen and oxygen atoms in total. The third-order valence-electron chi connectivity index (χ3n) is 8.40. The molecule has 5 aliphatic rings. The Bertz CT molecular complexity index is 820. The zero-order valence-electron chi connectivity index (χ0n) is 16.4. The number of methoxy groups -OCH3 is 2. The van der Waals surface area contributed by atoms with Gasteiger partial charge in [0.2, 0.25) is 6.29 Å². The van der Waals surface area contributed by atoms with Crippen LogP contribution < -0.4 is 0 Å². The Hall–Kier alpha value is -1.86. The zero-order chi connectivity index (χ0) is 20.1. The second-order valence-electron chi connectivity index (χ2n) is 9.31. The van der Waals surface area contributed by atoms with Crippen molar-refractivity contribution in [3.63, 3.8) is 0 Å². The summed E-state index contributed by atoms with van der Waals surface area (Å²) in [4.78, 5) is 26.2. The van der Waals surface area contributed by atoms with Crippen molar-refractivity contribution in [2.75, 3.05) is 14.2 Å². The molecule has 2 aliphatic heterocycles. The SMILES string of the molecule is C=C1C[C@]23C[C@@]1(O)CC[C@H]2[C@@]12C=COC(O1)[C@@](C)(C(=O)OC)[C@H]2[C@@H]3C(=O)OC. The highest BCUT2D eigenvalue weighted by Gasteiger charge is 2.83. The molecule has 0 amide bonds. The number of carbonyl (C=O) groups is 2. The summed E-state index contributed by atoms with van der Waals surface area (Å²) in [5.41, 5.74) is -2.80. The molecule has 4 fully saturated rings. The summed E-state index contributed by atoms with van der Waals surface area (Å²) in [6, 6.07) is 0. The fourth-order valence-electron chi connectivity index (χ4n) is 7.41. The van der Waals surface area contributed by atoms with Crippen LogP contribution in [0.1, 0.15) is 32.6 Å². The second kappa shape index (κ2) is 5.19. The maximum absolute atomic E-state index is 13.2. The van der Waals surface area contributed by atoms with Gasteiger partial charge >= 0.3 is 11.9 Å². The Kier molecular flexibility index (Phi) is 3.37. The summed E-state index contributed by atoms with van der Waals surface area (Å²) >= 11 is 0. The van der Waals surface area contributed by atoms with Crippen molar-refractivity contribution in [1.29, 1.82) is 0 Å². The molecule has 2 heterocycles. The predicted molar refractivity (Wildman–Crippen MR) is 95.4 cm³/mol. The Balaban J connectivity index is 1.76. The van der Waals surface area contributed by atoms with Gasteiger partial charge in [0.1, 0.15) is 11.0 Å². The predicted octanol–water partition coefficient (Wildman–Crippen LogP) is 1.70. The highest BCUT2D eigenvalue weighted by Crippen LogP contribution is 2.77. The molecule has 0 aromatic heterocycles. The van der Waals surface area contributed by atoms with Crippen LogP contribution in [0.5, 0.6) is 0 Å². The third-order valence-corrected chi connectivity index (χ3v) is 8.40. The van der Waals surface area contributed by atoms with Gasteiger partial charge in [-0.1, -0.05) is 6.58 Å². The van der Waals surface area contributed by atoms with E-state index in [2.05, 4.69) is 6.58 Å². The van der Waals surface area contributed by atoms with E-state index in [-0.39, 0.29) is 11.9 Å². The van der Waals surface area contributed by atoms with Gasteiger partial charge in [-0.05, 0) is 55.6 Å². The topological polar surface area (TPSA) is 91.3 Å². The Morgan fingerprint density at radius 1 is 1.32 bits per heavy atom. The molecule has 1 unspecified atom stereocenters. The smallest absolute Gasteiger partial charge is 0.318 e. The maximum Gasteiger partial charge on any atom is 0.318 e. The van der Waals surface area contributed by atoms with Gasteiger partial charge in [0.25, 0.3) is 0 Å². The summed E-state index contributed by atoms with van der Waals surface area (Å²) in [5, 5.41) is 11.1. The van der Waals surface area contributed by atoms with Gasteiger partial charge in [0, 0.05) is 5.92 Å². The molecular weight excluding hydrogens is 364 g/mol. The molecule has 4 bridgehead atoms. The van der Waals surface area contributed by atoms with E-state index in [0.717, 1.165) is 5.57 Å². The molecule has 7 heteroatoms. The van der Waals surface area contributed by atoms with Gasteiger partial charge in [-0.2, -0.15) is 0 Å². The molecule has 152 valence electrons. The zero-order valence-corrected chi connectivity index (χ0v) is 16.4. The van der Waals surface area contributed by atoms with Crippen LogP contribution in [0.15, 0.2) is 24.5 Å². The minimum absolute atomic E-state index is 0.0530. The monoisotopic (exact) mass is 390 g/mol. The standard InChI is InChI=1S/C21H26O7/c1-11-9-19-10-20(11,24)6-5-12(19)21-7-8-27-17(28-21)18(2,16(23)26-4)14(21)13(19)15(22)25-3/h7-8,12-14,17,24H,1,5-6,9-10H2,2-4H3/t12-,13-,14-,17?,18-,19+,20+,21-/m1/s1. The van der Waals surface area contributed by atoms with Crippen LogP contribution in [-0.2, 0) is 28.5 Å². The van der Waals surface area contributed by atoms with Crippen LogP contribution >= 0.6 is 0 Å². The van der Waals surface area contributed by atoms with Gasteiger partial charge in [0.05, 0.1) is 32.0 Å². The first-order chi connectivity index (χ1) is 13.2. The van der Waals surface area contributed by atoms with Crippen molar-refractivity contribution in [3.05, 3.63) is 24.5 Å². The summed E-state index contributed by atoms with van der Waals surface area (Å²) in [5.74, 6) is -2.05. The van der Waals surface area contributed by atoms with E-state index in [9.17, 15) is 14.7 Å². The molecular formula is C21H26O7. The molecule has 0 radical (unpaired) electrons. The first-order valence-corrected chi connectivity index (χ1v) is 9.77. The lowest BCUT2D eigenvalue weighted by atomic mass is 9.61. The molecule has 3 aliphatic carbocycles. The summed E-state index contributed by atoms with van der Waals surface area (Å²) in [6.07, 6.45) is 4.82. The van der Waals surface area contributed by atoms with Crippen molar-refractivity contribution in [3.8, 4) is 0 Å². The Morgan fingerprint density at radius 2 is 2.07 bits per heavy atom. The molecule has 28 heavy (non-hydrogen) atoms. The van der Waals surface area contributed by atoms with Gasteiger partial charge in [-0.15, -0.1) is 0 Å². The number of ether oxygens (including phenoxy) is 4. The van der Waals surface area contributed by atoms with Crippen molar-refractivity contribution in [2.24, 2.45) is 28.6 Å². The quantitative estimate of drug-likeness (QED) is 0.567. The largest absolute Gasteiger partial charge is 0.471 e. The fraction of sp³-hybridized carbons (Fsp3) is 0.714. The van der Waals surface area contributed by atoms with Crippen molar-refractivity contribution >= 4 is 11.9 Å². The van der Waals surface area contributed by atoms with E-state index in [4.69, 9.17) is 18.9 Å². The van der Waals surface area contributed by atoms with Gasteiger partial charge in [-0.3, -0.25) is 9.59 Å². The second-order valence-corrected chi connectivity index (χ2v) is 9.31. The summed E-state index contributed by atoms with van der Waals surface area (Å²) < 4.78 is 22.5. The molecule has 8 atom stereocenters. The minimum Gasteiger partial charge on any atom is -0.471 e. The van der Waals surface area contributed by atoms with E-state index in [1.54, 1.807) is 13.2 Å². The molecule has 0 aromatic carbocycles. The van der Waals surface area contributed by atoms with Crippen LogP contribution in [0.3, 0.4) is 0 Å². The number of carbonyl (C=O) groups excluding carboxylic acids is 2. The molecule has 5 rings (SSSR count). The average Bonchev–Trinajstić information content (AvgIpc) is 3.10. The molecule has 1 saturated heterocycles. The van der Waals surface area contributed by atoms with Gasteiger partial charge in [-0.25, -0.2) is 0 Å². The molecule has 0 aromatic rings. The fourth-order valence-corrected chi connectivity index (χ4v) is 7.41. The lowest BCUT2D eigenvalue weighted by Crippen LogP contribution is -2.50. The normalized spacial score (nSPS) is 52.6. The highest BCUT2D eigenvalue weighted by molar-refractivity contribution is 5.83. The number of hydrogen-bond donors (Lipinski definition) is 1. The van der Waals surface area contributed by atoms with Gasteiger partial charge in [0.15, 0.2) is 0 Å². The first-order valence-electron chi connectivity index (χ1n) is 9.77. The van der Waals surface area contributed by atoms with Crippen molar-refractivity contribution < 1.29 is 33.6 Å². The first kappa shape index (κ1) is 18.2. The van der Waals surface area contributed by atoms with Crippen LogP contribution in [0.4, 0.5) is 0 Å². The van der Waals surface area contributed by atoms with Crippen molar-refractivity contribution in [2.45, 2.75) is 50.1 Å². The third kappa shape index (κ3) is 1.70. The molecule has 2 spiro atoms. The molecule has 3 saturated carbocycles. The number of aliphatic hydroxyl groups is 1. The van der Waals surface area contributed by atoms with Crippen LogP contribution in [0, 0.1) is 28.6 Å². The van der Waals surface area contributed by atoms with E-state index in [0.29, 0.717) is 25.7 Å². The van der Waals surface area contributed by atoms with Gasteiger partial charge < -0.3 is 24.1 Å². The van der Waals surface area contributed by atoms with Crippen molar-refractivity contribution in [1.82, 2.24) is 0 Å². The summed E-state index contributed by atoms with van der Waals surface area (Å²) in [7, 11) is 2.70. The number of fused-ring (bicyclic) bond motifs is 2. The van der Waals surface area contributed by atoms with E-state index >= 15 is 0 Å². The Morgan fingerprint density at radius 3 is 2.75 bits per heavy atom. The minimum atomic E-state index is -1.18. The van der Waals surface area contributed by atoms with Crippen LogP contribution in [-0.4, -0.2) is 48.8 Å². The summed E-state index contributed by atoms with van der Waals surface area (Å²) in [6.45, 7) is 5.88. The lowest BCUT2D eigenvalue weighted by molar-refractivity contribution is -0.207. The maximum atomic E-state index is 13.2. The number of rotatable bonds is 2. The van der Waals surface area contributed by atoms with E-state index < -0.39 is 46.1 Å². The Labute approximate surface area is 163 Å². The highest BCUT2D eigenvalue weighted by atomic mass is 16.7. The van der Waals surface area contributed by atoms with Crippen LogP contribution in [0.2, 0.25) is 0 Å². The number of esters is 2. The number of hydrogen-bond acceptors (Lipinski definition) is 7. The average molecular weight is 390 g/mol. The lowest BCUT2D eigenvalue weighted by Gasteiger charge is -2.46. The van der Waals surface area contributed by atoms with E-state index in [1.165, 1.54) is 14.2 Å².